The van der Waals surface area contributed by atoms with Crippen LogP contribution in [0.15, 0.2) is 23.1 Å². The number of nitrogen functional groups attached to an aromatic ring is 1. The Morgan fingerprint density at radius 2 is 2.05 bits per heavy atom. The number of methoxy groups -OCH3 is 1. The summed E-state index contributed by atoms with van der Waals surface area (Å²) >= 11 is 0. The van der Waals surface area contributed by atoms with Crippen LogP contribution in [-0.4, -0.2) is 47.4 Å². The number of nitrogens with one attached hydrogen (secondary N) is 2. The highest BCUT2D eigenvalue weighted by Gasteiger charge is 2.09. The molecular formula is C13H21N3O4S. The number of anilines is 2. The molecule has 0 fully saturated rings. The van der Waals surface area contributed by atoms with Crippen molar-refractivity contribution < 1.29 is 17.9 Å². The van der Waals surface area contributed by atoms with Crippen LogP contribution in [-0.2, 0) is 19.4 Å². The summed E-state index contributed by atoms with van der Waals surface area (Å²) in [5.41, 5.74) is 6.72. The molecule has 0 saturated carbocycles. The highest BCUT2D eigenvalue weighted by Crippen LogP contribution is 2.22. The molecule has 7 nitrogen and oxygen atoms in total. The average molecular weight is 315 g/mol. The zero-order valence-corrected chi connectivity index (χ0v) is 13.0. The van der Waals surface area contributed by atoms with Gasteiger partial charge < -0.3 is 21.1 Å². The number of benzene rings is 1. The molecule has 1 aromatic carbocycles. The van der Waals surface area contributed by atoms with Gasteiger partial charge in [-0.2, -0.15) is 0 Å². The first-order chi connectivity index (χ1) is 9.84. The number of nitrogens with two attached hydrogens (primary N) is 1. The zero-order valence-electron chi connectivity index (χ0n) is 12.2. The van der Waals surface area contributed by atoms with Gasteiger partial charge in [0.1, 0.15) is 0 Å². The molecule has 0 unspecified atom stereocenters. The Hall–Kier alpha value is -1.80. The molecule has 1 aromatic rings. The summed E-state index contributed by atoms with van der Waals surface area (Å²) in [4.78, 5) is 11.6. The maximum atomic E-state index is 11.5. The minimum Gasteiger partial charge on any atom is -0.397 e. The summed E-state index contributed by atoms with van der Waals surface area (Å²) in [6.45, 7) is 1.35. The third-order valence-corrected chi connectivity index (χ3v) is 3.86. The van der Waals surface area contributed by atoms with Gasteiger partial charge in [0, 0.05) is 32.9 Å². The van der Waals surface area contributed by atoms with Crippen molar-refractivity contribution in [2.24, 2.45) is 0 Å². The molecule has 1 rings (SSSR count). The Morgan fingerprint density at radius 3 is 2.62 bits per heavy atom. The lowest BCUT2D eigenvalue weighted by Crippen LogP contribution is -2.28. The van der Waals surface area contributed by atoms with Crippen molar-refractivity contribution in [3.63, 3.8) is 0 Å². The molecule has 0 atom stereocenters. The van der Waals surface area contributed by atoms with Gasteiger partial charge in [-0.1, -0.05) is 0 Å². The number of rotatable bonds is 8. The Bertz CT molecular complexity index is 587. The number of sulfone groups is 1. The third-order valence-electron chi connectivity index (χ3n) is 2.75. The van der Waals surface area contributed by atoms with E-state index in [2.05, 4.69) is 10.6 Å². The molecule has 1 amide bonds. The quantitative estimate of drug-likeness (QED) is 0.468. The maximum Gasteiger partial charge on any atom is 0.221 e. The van der Waals surface area contributed by atoms with Crippen molar-refractivity contribution in [1.29, 1.82) is 0 Å². The first-order valence-electron chi connectivity index (χ1n) is 6.43. The molecule has 0 aliphatic heterocycles. The molecule has 118 valence electrons. The van der Waals surface area contributed by atoms with Crippen LogP contribution in [0.5, 0.6) is 0 Å². The summed E-state index contributed by atoms with van der Waals surface area (Å²) in [6.07, 6.45) is 1.41. The van der Waals surface area contributed by atoms with Crippen LogP contribution in [0.25, 0.3) is 0 Å². The Kier molecular flexibility index (Phi) is 6.44. The molecule has 0 aromatic heterocycles. The van der Waals surface area contributed by atoms with Crippen LogP contribution in [0.3, 0.4) is 0 Å². The monoisotopic (exact) mass is 315 g/mol. The van der Waals surface area contributed by atoms with E-state index in [0.717, 1.165) is 6.26 Å². The predicted molar refractivity (Wildman–Crippen MR) is 82.0 cm³/mol. The lowest BCUT2D eigenvalue weighted by Gasteiger charge is -2.10. The first-order valence-corrected chi connectivity index (χ1v) is 8.33. The standard InChI is InChI=1S/C13H21N3O4S/c1-20-8-7-16-13(17)5-6-15-12-4-3-10(9-11(12)14)21(2,18)19/h3-4,9,15H,5-8,14H2,1-2H3,(H,16,17). The Morgan fingerprint density at radius 1 is 1.33 bits per heavy atom. The molecule has 0 aliphatic rings. The number of amides is 1. The first kappa shape index (κ1) is 17.3. The van der Waals surface area contributed by atoms with E-state index in [1.807, 2.05) is 0 Å². The van der Waals surface area contributed by atoms with Crippen molar-refractivity contribution in [2.75, 3.05) is 44.1 Å². The van der Waals surface area contributed by atoms with Crippen LogP contribution in [0, 0.1) is 0 Å². The lowest BCUT2D eigenvalue weighted by molar-refractivity contribution is -0.121. The molecule has 0 spiro atoms. The Balaban J connectivity index is 2.48. The normalized spacial score (nSPS) is 11.1. The van der Waals surface area contributed by atoms with E-state index in [1.165, 1.54) is 12.1 Å². The largest absolute Gasteiger partial charge is 0.397 e. The summed E-state index contributed by atoms with van der Waals surface area (Å²) in [5.74, 6) is -0.0918. The van der Waals surface area contributed by atoms with Gasteiger partial charge in [0.15, 0.2) is 9.84 Å². The van der Waals surface area contributed by atoms with E-state index in [9.17, 15) is 13.2 Å². The molecule has 4 N–H and O–H groups in total. The van der Waals surface area contributed by atoms with Gasteiger partial charge in [-0.25, -0.2) is 8.42 Å². The van der Waals surface area contributed by atoms with Crippen molar-refractivity contribution in [2.45, 2.75) is 11.3 Å². The average Bonchev–Trinajstić information content (AvgIpc) is 2.39. The van der Waals surface area contributed by atoms with E-state index in [0.29, 0.717) is 31.1 Å². The second-order valence-corrected chi connectivity index (χ2v) is 6.56. The second-order valence-electron chi connectivity index (χ2n) is 4.54. The topological polar surface area (TPSA) is 111 Å². The van der Waals surface area contributed by atoms with Crippen molar-refractivity contribution in [1.82, 2.24) is 5.32 Å². The maximum absolute atomic E-state index is 11.5. The van der Waals surface area contributed by atoms with E-state index in [1.54, 1.807) is 13.2 Å². The van der Waals surface area contributed by atoms with E-state index in [-0.39, 0.29) is 17.2 Å². The number of ether oxygens (including phenoxy) is 1. The number of carbonyl (C=O) groups excluding carboxylic acids is 1. The summed E-state index contributed by atoms with van der Waals surface area (Å²) < 4.78 is 27.6. The minimum atomic E-state index is -3.27. The fourth-order valence-electron chi connectivity index (χ4n) is 1.62. The van der Waals surface area contributed by atoms with Crippen LogP contribution in [0.1, 0.15) is 6.42 Å². The van der Waals surface area contributed by atoms with E-state index >= 15 is 0 Å². The lowest BCUT2D eigenvalue weighted by atomic mass is 10.2. The number of hydrogen-bond donors (Lipinski definition) is 3. The minimum absolute atomic E-state index is 0.0918. The molecule has 0 heterocycles. The SMILES string of the molecule is COCCNC(=O)CCNc1ccc(S(C)(=O)=O)cc1N. The predicted octanol–water partition coefficient (Wildman–Crippen LogP) is 0.237. The molecule has 8 heteroatoms. The smallest absolute Gasteiger partial charge is 0.221 e. The Labute approximate surface area is 124 Å². The van der Waals surface area contributed by atoms with Crippen LogP contribution >= 0.6 is 0 Å². The second kappa shape index (κ2) is 7.84. The van der Waals surface area contributed by atoms with Crippen LogP contribution in [0.4, 0.5) is 11.4 Å². The highest BCUT2D eigenvalue weighted by atomic mass is 32.2. The van der Waals surface area contributed by atoms with E-state index in [4.69, 9.17) is 10.5 Å². The fraction of sp³-hybridized carbons (Fsp3) is 0.462. The highest BCUT2D eigenvalue weighted by molar-refractivity contribution is 7.90. The number of carbonyl (C=O) groups is 1. The summed E-state index contributed by atoms with van der Waals surface area (Å²) in [5, 5.41) is 5.70. The van der Waals surface area contributed by atoms with Gasteiger partial charge >= 0.3 is 0 Å². The van der Waals surface area contributed by atoms with Gasteiger partial charge in [-0.05, 0) is 18.2 Å². The molecular weight excluding hydrogens is 294 g/mol. The fourth-order valence-corrected chi connectivity index (χ4v) is 2.28. The summed E-state index contributed by atoms with van der Waals surface area (Å²) in [7, 11) is -1.71. The van der Waals surface area contributed by atoms with Crippen molar-refractivity contribution in [3.05, 3.63) is 18.2 Å². The van der Waals surface area contributed by atoms with Crippen molar-refractivity contribution in [3.8, 4) is 0 Å². The number of hydrogen-bond acceptors (Lipinski definition) is 6. The zero-order chi connectivity index (χ0) is 15.9. The van der Waals surface area contributed by atoms with Crippen molar-refractivity contribution >= 4 is 27.1 Å². The van der Waals surface area contributed by atoms with Gasteiger partial charge in [0.2, 0.25) is 5.91 Å². The van der Waals surface area contributed by atoms with Gasteiger partial charge in [-0.3, -0.25) is 4.79 Å². The molecule has 0 bridgehead atoms. The summed E-state index contributed by atoms with van der Waals surface area (Å²) in [6, 6.07) is 4.47. The van der Waals surface area contributed by atoms with E-state index < -0.39 is 9.84 Å². The van der Waals surface area contributed by atoms with Gasteiger partial charge in [-0.15, -0.1) is 0 Å². The van der Waals surface area contributed by atoms with Crippen LogP contribution in [0.2, 0.25) is 0 Å². The van der Waals surface area contributed by atoms with Crippen LogP contribution < -0.4 is 16.4 Å². The van der Waals surface area contributed by atoms with Gasteiger partial charge in [0.05, 0.1) is 22.9 Å². The third kappa shape index (κ3) is 6.01. The molecule has 0 aliphatic carbocycles. The van der Waals surface area contributed by atoms with Gasteiger partial charge in [0.25, 0.3) is 0 Å². The molecule has 21 heavy (non-hydrogen) atoms. The molecule has 0 radical (unpaired) electrons. The molecule has 0 saturated heterocycles.